The first-order valence-electron chi connectivity index (χ1n) is 6.53. The molecule has 2 aromatic rings. The number of ether oxygens (including phenoxy) is 1. The molecule has 2 rings (SSSR count). The summed E-state index contributed by atoms with van der Waals surface area (Å²) in [5.41, 5.74) is 5.78. The van der Waals surface area contributed by atoms with E-state index in [1.165, 1.54) is 0 Å². The predicted molar refractivity (Wildman–Crippen MR) is 80.8 cm³/mol. The van der Waals surface area contributed by atoms with Gasteiger partial charge < -0.3 is 15.8 Å². The highest BCUT2D eigenvalue weighted by molar-refractivity contribution is 7.09. The molecule has 1 atom stereocenters. The van der Waals surface area contributed by atoms with Gasteiger partial charge in [0.1, 0.15) is 18.2 Å². The molecule has 0 saturated carbocycles. The van der Waals surface area contributed by atoms with Crippen molar-refractivity contribution in [1.82, 2.24) is 15.0 Å². The number of hydrogen-bond acceptors (Lipinski definition) is 7. The van der Waals surface area contributed by atoms with Gasteiger partial charge in [-0.05, 0) is 6.92 Å². The van der Waals surface area contributed by atoms with Crippen LogP contribution in [0.2, 0.25) is 0 Å². The number of rotatable bonds is 7. The lowest BCUT2D eigenvalue weighted by molar-refractivity contribution is 0.128. The maximum atomic E-state index is 5.78. The van der Waals surface area contributed by atoms with Gasteiger partial charge in [-0.15, -0.1) is 11.3 Å². The Morgan fingerprint density at radius 3 is 3.00 bits per heavy atom. The number of aromatic nitrogens is 3. The van der Waals surface area contributed by atoms with Crippen molar-refractivity contribution in [3.05, 3.63) is 28.5 Å². The molecule has 0 radical (unpaired) electrons. The van der Waals surface area contributed by atoms with Crippen LogP contribution in [-0.2, 0) is 11.3 Å². The van der Waals surface area contributed by atoms with E-state index in [0.29, 0.717) is 30.8 Å². The van der Waals surface area contributed by atoms with Crippen LogP contribution in [0.3, 0.4) is 0 Å². The third-order valence-corrected chi connectivity index (χ3v) is 3.70. The van der Waals surface area contributed by atoms with E-state index < -0.39 is 0 Å². The standard InChI is InChI=1S/C13H19N5OS/c1-3-19-8-12-17-10(14)6-11(18-12)16-7-9(2)13-15-4-5-20-13/h4-6,9H,3,7-8H2,1-2H3,(H3,14,16,17,18). The zero-order valence-electron chi connectivity index (χ0n) is 11.7. The van der Waals surface area contributed by atoms with Crippen LogP contribution in [0.1, 0.15) is 30.6 Å². The molecule has 0 aromatic carbocycles. The van der Waals surface area contributed by atoms with Gasteiger partial charge in [0.15, 0.2) is 5.82 Å². The quantitative estimate of drug-likeness (QED) is 0.814. The molecule has 3 N–H and O–H groups in total. The van der Waals surface area contributed by atoms with Crippen molar-refractivity contribution in [3.8, 4) is 0 Å². The van der Waals surface area contributed by atoms with E-state index in [4.69, 9.17) is 10.5 Å². The molecule has 7 heteroatoms. The van der Waals surface area contributed by atoms with Gasteiger partial charge >= 0.3 is 0 Å². The van der Waals surface area contributed by atoms with E-state index in [9.17, 15) is 0 Å². The zero-order valence-corrected chi connectivity index (χ0v) is 12.5. The molecule has 20 heavy (non-hydrogen) atoms. The van der Waals surface area contributed by atoms with Crippen LogP contribution >= 0.6 is 11.3 Å². The summed E-state index contributed by atoms with van der Waals surface area (Å²) < 4.78 is 5.30. The van der Waals surface area contributed by atoms with Crippen LogP contribution < -0.4 is 11.1 Å². The summed E-state index contributed by atoms with van der Waals surface area (Å²) in [6.07, 6.45) is 1.82. The van der Waals surface area contributed by atoms with E-state index in [1.807, 2.05) is 18.5 Å². The fourth-order valence-electron chi connectivity index (χ4n) is 1.69. The lowest BCUT2D eigenvalue weighted by Gasteiger charge is -2.12. The lowest BCUT2D eigenvalue weighted by atomic mass is 10.2. The van der Waals surface area contributed by atoms with E-state index >= 15 is 0 Å². The van der Waals surface area contributed by atoms with Gasteiger partial charge in [-0.25, -0.2) is 15.0 Å². The molecular formula is C13H19N5OS. The number of anilines is 2. The molecule has 6 nitrogen and oxygen atoms in total. The largest absolute Gasteiger partial charge is 0.384 e. The number of nitrogens with zero attached hydrogens (tertiary/aromatic N) is 3. The first-order chi connectivity index (χ1) is 9.69. The van der Waals surface area contributed by atoms with Gasteiger partial charge in [-0.2, -0.15) is 0 Å². The van der Waals surface area contributed by atoms with Gasteiger partial charge in [0, 0.05) is 36.7 Å². The highest BCUT2D eigenvalue weighted by Crippen LogP contribution is 2.18. The summed E-state index contributed by atoms with van der Waals surface area (Å²) in [6.45, 7) is 5.80. The monoisotopic (exact) mass is 293 g/mol. The molecule has 2 aromatic heterocycles. The van der Waals surface area contributed by atoms with Crippen LogP contribution in [0.4, 0.5) is 11.6 Å². The molecular weight excluding hydrogens is 274 g/mol. The van der Waals surface area contributed by atoms with Crippen molar-refractivity contribution >= 4 is 23.0 Å². The SMILES string of the molecule is CCOCc1nc(N)cc(NCC(C)c2nccs2)n1. The topological polar surface area (TPSA) is 86.0 Å². The van der Waals surface area contributed by atoms with Gasteiger partial charge in [0.25, 0.3) is 0 Å². The highest BCUT2D eigenvalue weighted by atomic mass is 32.1. The maximum Gasteiger partial charge on any atom is 0.158 e. The number of thiazole rings is 1. The second-order valence-corrected chi connectivity index (χ2v) is 5.31. The third-order valence-electron chi connectivity index (χ3n) is 2.69. The molecule has 0 aliphatic carbocycles. The second-order valence-electron chi connectivity index (χ2n) is 4.38. The summed E-state index contributed by atoms with van der Waals surface area (Å²) in [5, 5.41) is 6.36. The van der Waals surface area contributed by atoms with Gasteiger partial charge in [0.05, 0.1) is 5.01 Å². The smallest absolute Gasteiger partial charge is 0.158 e. The van der Waals surface area contributed by atoms with Crippen molar-refractivity contribution in [2.45, 2.75) is 26.4 Å². The van der Waals surface area contributed by atoms with Gasteiger partial charge in [0.2, 0.25) is 0 Å². The Morgan fingerprint density at radius 1 is 1.45 bits per heavy atom. The molecule has 0 aliphatic rings. The molecule has 2 heterocycles. The molecule has 1 unspecified atom stereocenters. The summed E-state index contributed by atoms with van der Waals surface area (Å²) in [6, 6.07) is 1.73. The molecule has 108 valence electrons. The molecule has 0 amide bonds. The Kier molecular flexibility index (Phi) is 5.25. The highest BCUT2D eigenvalue weighted by Gasteiger charge is 2.09. The summed E-state index contributed by atoms with van der Waals surface area (Å²) in [4.78, 5) is 12.8. The number of nitrogens with one attached hydrogen (secondary N) is 1. The minimum atomic E-state index is 0.321. The minimum Gasteiger partial charge on any atom is -0.384 e. The number of nitrogens with two attached hydrogens (primary N) is 1. The Bertz CT molecular complexity index is 532. The Hall–Kier alpha value is -1.73. The van der Waals surface area contributed by atoms with Crippen LogP contribution in [0, 0.1) is 0 Å². The van der Waals surface area contributed by atoms with E-state index in [0.717, 1.165) is 17.4 Å². The van der Waals surface area contributed by atoms with E-state index in [1.54, 1.807) is 17.4 Å². The first kappa shape index (κ1) is 14.7. The van der Waals surface area contributed by atoms with Crippen LogP contribution in [0.5, 0.6) is 0 Å². The minimum absolute atomic E-state index is 0.321. The molecule has 0 bridgehead atoms. The van der Waals surface area contributed by atoms with Gasteiger partial charge in [-0.1, -0.05) is 6.92 Å². The van der Waals surface area contributed by atoms with Crippen LogP contribution in [0.15, 0.2) is 17.6 Å². The van der Waals surface area contributed by atoms with Gasteiger partial charge in [-0.3, -0.25) is 0 Å². The normalized spacial score (nSPS) is 12.3. The number of hydrogen-bond donors (Lipinski definition) is 2. The maximum absolute atomic E-state index is 5.78. The average Bonchev–Trinajstić information content (AvgIpc) is 2.96. The van der Waals surface area contributed by atoms with Crippen molar-refractivity contribution in [1.29, 1.82) is 0 Å². The molecule has 0 aliphatic heterocycles. The summed E-state index contributed by atoms with van der Waals surface area (Å²) >= 11 is 1.66. The Balaban J connectivity index is 1.96. The second kappa shape index (κ2) is 7.16. The Morgan fingerprint density at radius 2 is 2.30 bits per heavy atom. The summed E-state index contributed by atoms with van der Waals surface area (Å²) in [7, 11) is 0. The van der Waals surface area contributed by atoms with E-state index in [2.05, 4.69) is 27.2 Å². The summed E-state index contributed by atoms with van der Waals surface area (Å²) in [5.74, 6) is 2.08. The van der Waals surface area contributed by atoms with Crippen LogP contribution in [0.25, 0.3) is 0 Å². The number of nitrogen functional groups attached to an aromatic ring is 1. The Labute approximate surface area is 122 Å². The fourth-order valence-corrected chi connectivity index (χ4v) is 2.39. The van der Waals surface area contributed by atoms with Crippen molar-refractivity contribution in [2.75, 3.05) is 24.2 Å². The molecule has 0 fully saturated rings. The van der Waals surface area contributed by atoms with Crippen LogP contribution in [-0.4, -0.2) is 28.1 Å². The molecule has 0 saturated heterocycles. The average molecular weight is 293 g/mol. The first-order valence-corrected chi connectivity index (χ1v) is 7.41. The van der Waals surface area contributed by atoms with Crippen molar-refractivity contribution in [2.24, 2.45) is 0 Å². The third kappa shape index (κ3) is 4.14. The lowest BCUT2D eigenvalue weighted by Crippen LogP contribution is -2.12. The predicted octanol–water partition coefficient (Wildman–Crippen LogP) is 2.27. The van der Waals surface area contributed by atoms with Crippen molar-refractivity contribution in [3.63, 3.8) is 0 Å². The fraction of sp³-hybridized carbons (Fsp3) is 0.462. The molecule has 0 spiro atoms. The van der Waals surface area contributed by atoms with E-state index in [-0.39, 0.29) is 0 Å². The zero-order chi connectivity index (χ0) is 14.4. The van der Waals surface area contributed by atoms with Crippen molar-refractivity contribution < 1.29 is 4.74 Å².